The van der Waals surface area contributed by atoms with E-state index < -0.39 is 0 Å². The van der Waals surface area contributed by atoms with Crippen molar-refractivity contribution in [2.24, 2.45) is 5.92 Å². The molecule has 0 aromatic heterocycles. The SMILES string of the molecule is N#CCNC(=O)CNCCCC1CC1. The lowest BCUT2D eigenvalue weighted by Crippen LogP contribution is -2.34. The molecule has 1 saturated carbocycles. The standard InChI is InChI=1S/C10H17N3O/c11-5-7-13-10(14)8-12-6-1-2-9-3-4-9/h9,12H,1-4,6-8H2,(H,13,14). The smallest absolute Gasteiger partial charge is 0.234 e. The van der Waals surface area contributed by atoms with E-state index in [9.17, 15) is 4.79 Å². The highest BCUT2D eigenvalue weighted by atomic mass is 16.1. The highest BCUT2D eigenvalue weighted by molar-refractivity contribution is 5.78. The molecule has 0 saturated heterocycles. The van der Waals surface area contributed by atoms with Crippen molar-refractivity contribution in [1.82, 2.24) is 10.6 Å². The van der Waals surface area contributed by atoms with Gasteiger partial charge in [-0.2, -0.15) is 5.26 Å². The normalized spacial score (nSPS) is 14.8. The first-order valence-electron chi connectivity index (χ1n) is 5.17. The first-order valence-corrected chi connectivity index (χ1v) is 5.17. The first-order chi connectivity index (χ1) is 6.83. The van der Waals surface area contributed by atoms with Gasteiger partial charge in [-0.05, 0) is 25.3 Å². The summed E-state index contributed by atoms with van der Waals surface area (Å²) in [6, 6.07) is 1.86. The molecule has 0 heterocycles. The average Bonchev–Trinajstić information content (AvgIpc) is 2.98. The third-order valence-corrected chi connectivity index (χ3v) is 2.31. The summed E-state index contributed by atoms with van der Waals surface area (Å²) in [6.45, 7) is 1.32. The summed E-state index contributed by atoms with van der Waals surface area (Å²) in [5, 5.41) is 13.7. The minimum Gasteiger partial charge on any atom is -0.342 e. The van der Waals surface area contributed by atoms with Crippen molar-refractivity contribution in [2.75, 3.05) is 19.6 Å². The number of hydrogen-bond donors (Lipinski definition) is 2. The molecule has 0 aromatic carbocycles. The molecule has 0 aromatic rings. The highest BCUT2D eigenvalue weighted by Gasteiger charge is 2.19. The van der Waals surface area contributed by atoms with E-state index in [0.29, 0.717) is 6.54 Å². The molecule has 14 heavy (non-hydrogen) atoms. The van der Waals surface area contributed by atoms with E-state index >= 15 is 0 Å². The maximum atomic E-state index is 11.0. The Morgan fingerprint density at radius 1 is 1.50 bits per heavy atom. The summed E-state index contributed by atoms with van der Waals surface area (Å²) in [5.41, 5.74) is 0. The van der Waals surface area contributed by atoms with Crippen LogP contribution in [0.1, 0.15) is 25.7 Å². The number of hydrogen-bond acceptors (Lipinski definition) is 3. The van der Waals surface area contributed by atoms with Crippen LogP contribution in [-0.2, 0) is 4.79 Å². The van der Waals surface area contributed by atoms with Crippen molar-refractivity contribution in [3.63, 3.8) is 0 Å². The van der Waals surface area contributed by atoms with Gasteiger partial charge in [0, 0.05) is 0 Å². The predicted octanol–water partition coefficient (Wildman–Crippen LogP) is 0.406. The van der Waals surface area contributed by atoms with Crippen molar-refractivity contribution in [3.05, 3.63) is 0 Å². The molecule has 4 nitrogen and oxygen atoms in total. The Morgan fingerprint density at radius 2 is 2.29 bits per heavy atom. The number of carbonyl (C=O) groups is 1. The predicted molar refractivity (Wildman–Crippen MR) is 53.5 cm³/mol. The van der Waals surface area contributed by atoms with Gasteiger partial charge < -0.3 is 10.6 Å². The van der Waals surface area contributed by atoms with Gasteiger partial charge in [0.15, 0.2) is 0 Å². The zero-order chi connectivity index (χ0) is 10.2. The van der Waals surface area contributed by atoms with Crippen LogP contribution >= 0.6 is 0 Å². The van der Waals surface area contributed by atoms with Crippen LogP contribution in [-0.4, -0.2) is 25.5 Å². The lowest BCUT2D eigenvalue weighted by molar-refractivity contribution is -0.120. The molecule has 0 spiro atoms. The molecule has 0 aliphatic heterocycles. The topological polar surface area (TPSA) is 64.9 Å². The van der Waals surface area contributed by atoms with E-state index in [1.165, 1.54) is 19.3 Å². The molecule has 1 fully saturated rings. The minimum absolute atomic E-state index is 0.0991. The molecule has 1 amide bonds. The Labute approximate surface area is 84.7 Å². The zero-order valence-corrected chi connectivity index (χ0v) is 8.38. The molecular formula is C10H17N3O. The summed E-state index contributed by atoms with van der Waals surface area (Å²) in [4.78, 5) is 11.0. The van der Waals surface area contributed by atoms with Gasteiger partial charge in [0.05, 0.1) is 12.6 Å². The molecule has 2 N–H and O–H groups in total. The molecule has 0 radical (unpaired) electrons. The lowest BCUT2D eigenvalue weighted by Gasteiger charge is -2.03. The molecule has 4 heteroatoms. The van der Waals surface area contributed by atoms with Crippen LogP contribution in [0.4, 0.5) is 0 Å². The van der Waals surface area contributed by atoms with E-state index in [1.54, 1.807) is 0 Å². The van der Waals surface area contributed by atoms with Crippen LogP contribution in [0.5, 0.6) is 0 Å². The number of nitrogens with zero attached hydrogens (tertiary/aromatic N) is 1. The van der Waals surface area contributed by atoms with Crippen LogP contribution in [0.2, 0.25) is 0 Å². The van der Waals surface area contributed by atoms with Gasteiger partial charge in [-0.25, -0.2) is 0 Å². The van der Waals surface area contributed by atoms with Gasteiger partial charge in [-0.1, -0.05) is 12.8 Å². The van der Waals surface area contributed by atoms with E-state index in [4.69, 9.17) is 5.26 Å². The van der Waals surface area contributed by atoms with Gasteiger partial charge in [-0.15, -0.1) is 0 Å². The highest BCUT2D eigenvalue weighted by Crippen LogP contribution is 2.33. The molecule has 1 aliphatic rings. The van der Waals surface area contributed by atoms with Crippen molar-refractivity contribution >= 4 is 5.91 Å². The monoisotopic (exact) mass is 195 g/mol. The van der Waals surface area contributed by atoms with Crippen LogP contribution in [0.25, 0.3) is 0 Å². The maximum Gasteiger partial charge on any atom is 0.234 e. The quantitative estimate of drug-likeness (QED) is 0.456. The van der Waals surface area contributed by atoms with Crippen molar-refractivity contribution in [2.45, 2.75) is 25.7 Å². The third kappa shape index (κ3) is 5.55. The largest absolute Gasteiger partial charge is 0.342 e. The van der Waals surface area contributed by atoms with Crippen LogP contribution in [0.3, 0.4) is 0 Å². The number of rotatable bonds is 7. The number of nitrogens with one attached hydrogen (secondary N) is 2. The second-order valence-electron chi connectivity index (χ2n) is 3.70. The maximum absolute atomic E-state index is 11.0. The van der Waals surface area contributed by atoms with Crippen molar-refractivity contribution < 1.29 is 4.79 Å². The summed E-state index contributed by atoms with van der Waals surface area (Å²) >= 11 is 0. The molecule has 0 unspecified atom stereocenters. The Balaban J connectivity index is 1.82. The fraction of sp³-hybridized carbons (Fsp3) is 0.800. The van der Waals surface area contributed by atoms with Gasteiger partial charge in [-0.3, -0.25) is 4.79 Å². The van der Waals surface area contributed by atoms with Crippen LogP contribution in [0, 0.1) is 17.2 Å². The summed E-state index contributed by atoms with van der Waals surface area (Å²) in [6.07, 6.45) is 5.22. The van der Waals surface area contributed by atoms with Gasteiger partial charge in [0.1, 0.15) is 6.54 Å². The molecule has 1 rings (SSSR count). The van der Waals surface area contributed by atoms with E-state index in [2.05, 4.69) is 10.6 Å². The number of carbonyl (C=O) groups excluding carboxylic acids is 1. The number of amides is 1. The summed E-state index contributed by atoms with van der Waals surface area (Å²) in [5.74, 6) is 0.863. The molecule has 78 valence electrons. The fourth-order valence-electron chi connectivity index (χ4n) is 1.32. The van der Waals surface area contributed by atoms with E-state index in [-0.39, 0.29) is 12.5 Å². The van der Waals surface area contributed by atoms with E-state index in [1.807, 2.05) is 6.07 Å². The second-order valence-corrected chi connectivity index (χ2v) is 3.70. The first kappa shape index (κ1) is 11.0. The van der Waals surface area contributed by atoms with Crippen LogP contribution in [0.15, 0.2) is 0 Å². The average molecular weight is 195 g/mol. The summed E-state index contributed by atoms with van der Waals surface area (Å²) in [7, 11) is 0. The Hall–Kier alpha value is -1.08. The molecule has 0 atom stereocenters. The van der Waals surface area contributed by atoms with Gasteiger partial charge in [0.25, 0.3) is 0 Å². The fourth-order valence-corrected chi connectivity index (χ4v) is 1.32. The second kappa shape index (κ2) is 6.39. The van der Waals surface area contributed by atoms with Crippen molar-refractivity contribution in [3.8, 4) is 6.07 Å². The molecule has 1 aliphatic carbocycles. The van der Waals surface area contributed by atoms with E-state index in [0.717, 1.165) is 18.9 Å². The molecule has 0 bridgehead atoms. The van der Waals surface area contributed by atoms with Gasteiger partial charge >= 0.3 is 0 Å². The summed E-state index contributed by atoms with van der Waals surface area (Å²) < 4.78 is 0. The van der Waals surface area contributed by atoms with Crippen LogP contribution < -0.4 is 10.6 Å². The number of nitriles is 1. The zero-order valence-electron chi connectivity index (χ0n) is 8.38. The Bertz CT molecular complexity index is 218. The van der Waals surface area contributed by atoms with Gasteiger partial charge in [0.2, 0.25) is 5.91 Å². The third-order valence-electron chi connectivity index (χ3n) is 2.31. The van der Waals surface area contributed by atoms with Crippen molar-refractivity contribution in [1.29, 1.82) is 5.26 Å². The lowest BCUT2D eigenvalue weighted by atomic mass is 10.2. The Morgan fingerprint density at radius 3 is 2.93 bits per heavy atom. The minimum atomic E-state index is -0.0991. The Kier molecular flexibility index (Phi) is 5.02. The molecular weight excluding hydrogens is 178 g/mol.